The summed E-state index contributed by atoms with van der Waals surface area (Å²) < 4.78 is 43.7. The predicted molar refractivity (Wildman–Crippen MR) is 194 cm³/mol. The van der Waals surface area contributed by atoms with Crippen LogP contribution in [0.2, 0.25) is 0 Å². The average Bonchev–Trinajstić information content (AvgIpc) is 3.14. The van der Waals surface area contributed by atoms with Crippen molar-refractivity contribution in [3.8, 4) is 0 Å². The number of benzene rings is 5. The number of anilines is 2. The number of fused-ring (bicyclic) bond motifs is 1. The van der Waals surface area contributed by atoms with Gasteiger partial charge in [-0.1, -0.05) is 97.1 Å². The Bertz CT molecular complexity index is 2160. The topological polar surface area (TPSA) is 124 Å². The molecule has 0 radical (unpaired) electrons. The van der Waals surface area contributed by atoms with Gasteiger partial charge in [-0.15, -0.1) is 11.8 Å². The lowest BCUT2D eigenvalue weighted by Gasteiger charge is -2.43. The number of nitrogens with zero attached hydrogens (tertiary/aromatic N) is 1. The molecule has 1 fully saturated rings. The highest BCUT2D eigenvalue weighted by atomic mass is 32.2. The Morgan fingerprint density at radius 3 is 2.31 bits per heavy atom. The molecular formula is C39H35N3O5S2. The van der Waals surface area contributed by atoms with Gasteiger partial charge in [0.05, 0.1) is 24.3 Å². The maximum Gasteiger partial charge on any atom is 0.264 e. The molecule has 2 heterocycles. The minimum Gasteiger partial charge on any atom is -0.398 e. The number of hydrogen-bond acceptors (Lipinski definition) is 8. The number of hydrogen-bond donors (Lipinski definition) is 3. The molecular weight excluding hydrogens is 655 g/mol. The van der Waals surface area contributed by atoms with Crippen LogP contribution in [0.5, 0.6) is 0 Å². The number of pyridine rings is 1. The summed E-state index contributed by atoms with van der Waals surface area (Å²) in [5, 5.41) is 10.4. The highest BCUT2D eigenvalue weighted by Crippen LogP contribution is 2.48. The zero-order valence-electron chi connectivity index (χ0n) is 26.4. The molecule has 0 spiro atoms. The third-order valence-electron chi connectivity index (χ3n) is 8.59. The summed E-state index contributed by atoms with van der Waals surface area (Å²) in [5.74, 6) is 0.398. The molecule has 1 saturated heterocycles. The summed E-state index contributed by atoms with van der Waals surface area (Å²) in [6.45, 7) is -0.0606. The van der Waals surface area contributed by atoms with Crippen LogP contribution in [0.4, 0.5) is 11.4 Å². The van der Waals surface area contributed by atoms with Gasteiger partial charge < -0.3 is 20.3 Å². The molecule has 0 amide bonds. The maximum absolute atomic E-state index is 13.6. The fourth-order valence-electron chi connectivity index (χ4n) is 6.19. The Balaban J connectivity index is 1.24. The van der Waals surface area contributed by atoms with Crippen molar-refractivity contribution in [2.24, 2.45) is 0 Å². The molecule has 8 nitrogen and oxygen atoms in total. The van der Waals surface area contributed by atoms with Gasteiger partial charge in [-0.3, -0.25) is 9.71 Å². The van der Waals surface area contributed by atoms with Crippen molar-refractivity contribution in [1.82, 2.24) is 4.98 Å². The van der Waals surface area contributed by atoms with Gasteiger partial charge in [0.25, 0.3) is 10.0 Å². The van der Waals surface area contributed by atoms with E-state index in [4.69, 9.17) is 15.2 Å². The van der Waals surface area contributed by atoms with Crippen molar-refractivity contribution in [2.45, 2.75) is 40.8 Å². The van der Waals surface area contributed by atoms with Gasteiger partial charge in [-0.2, -0.15) is 0 Å². The number of rotatable bonds is 10. The van der Waals surface area contributed by atoms with E-state index < -0.39 is 22.4 Å². The lowest BCUT2D eigenvalue weighted by Crippen LogP contribution is -2.38. The first-order valence-electron chi connectivity index (χ1n) is 15.9. The van der Waals surface area contributed by atoms with E-state index in [1.807, 2.05) is 84.9 Å². The monoisotopic (exact) mass is 689 g/mol. The molecule has 6 aromatic rings. The third kappa shape index (κ3) is 7.19. The molecule has 1 unspecified atom stereocenters. The first-order chi connectivity index (χ1) is 23.9. The van der Waals surface area contributed by atoms with E-state index in [1.54, 1.807) is 54.4 Å². The number of thioether (sulfide) groups is 1. The van der Waals surface area contributed by atoms with Crippen molar-refractivity contribution in [3.63, 3.8) is 0 Å². The zero-order valence-corrected chi connectivity index (χ0v) is 28.1. The molecule has 5 aromatic carbocycles. The van der Waals surface area contributed by atoms with Crippen LogP contribution in [0.25, 0.3) is 10.9 Å². The summed E-state index contributed by atoms with van der Waals surface area (Å²) in [6, 6.07) is 41.5. The van der Waals surface area contributed by atoms with E-state index in [-0.39, 0.29) is 23.5 Å². The number of para-hydroxylation sites is 2. The largest absolute Gasteiger partial charge is 0.398 e. The van der Waals surface area contributed by atoms with E-state index in [9.17, 15) is 13.5 Å². The van der Waals surface area contributed by atoms with E-state index >= 15 is 0 Å². The van der Waals surface area contributed by atoms with E-state index in [1.165, 1.54) is 0 Å². The third-order valence-corrected chi connectivity index (χ3v) is 11.2. The molecule has 1 aliphatic heterocycles. The SMILES string of the molecule is Nc1ccccc1SC[C@H]1OC(c2cccc(NS(=O)(=O)c3cccc4cccnc34)c2)O[C@@H](c2ccc(CO)cc2)[C@@H]1c1ccccc1. The molecule has 1 aromatic heterocycles. The van der Waals surface area contributed by atoms with Crippen LogP contribution in [0, 0.1) is 0 Å². The first kappa shape index (κ1) is 32.8. The van der Waals surface area contributed by atoms with Gasteiger partial charge in [-0.25, -0.2) is 8.42 Å². The van der Waals surface area contributed by atoms with E-state index in [0.717, 1.165) is 27.0 Å². The molecule has 10 heteroatoms. The Hall–Kier alpha value is -4.71. The van der Waals surface area contributed by atoms with Crippen LogP contribution >= 0.6 is 11.8 Å². The second-order valence-electron chi connectivity index (χ2n) is 11.8. The van der Waals surface area contributed by atoms with Crippen LogP contribution in [0.15, 0.2) is 149 Å². The van der Waals surface area contributed by atoms with Gasteiger partial charge in [0, 0.05) is 45.1 Å². The van der Waals surface area contributed by atoms with Crippen LogP contribution in [-0.2, 0) is 26.1 Å². The zero-order chi connectivity index (χ0) is 33.8. The van der Waals surface area contributed by atoms with Crippen molar-refractivity contribution in [2.75, 3.05) is 16.2 Å². The molecule has 0 aliphatic carbocycles. The van der Waals surface area contributed by atoms with Crippen LogP contribution in [0.1, 0.15) is 40.6 Å². The molecule has 4 atom stereocenters. The molecule has 1 aliphatic rings. The predicted octanol–water partition coefficient (Wildman–Crippen LogP) is 7.84. The number of sulfonamides is 1. The van der Waals surface area contributed by atoms with Gasteiger partial charge in [-0.05, 0) is 53.1 Å². The average molecular weight is 690 g/mol. The quantitative estimate of drug-likeness (QED) is 0.0982. The van der Waals surface area contributed by atoms with Crippen molar-refractivity contribution < 1.29 is 23.0 Å². The summed E-state index contributed by atoms with van der Waals surface area (Å²) in [7, 11) is -3.98. The number of nitrogen functional groups attached to an aromatic ring is 1. The Kier molecular flexibility index (Phi) is 9.65. The molecule has 4 N–H and O–H groups in total. The van der Waals surface area contributed by atoms with Crippen molar-refractivity contribution in [3.05, 3.63) is 162 Å². The van der Waals surface area contributed by atoms with Crippen LogP contribution in [0.3, 0.4) is 0 Å². The van der Waals surface area contributed by atoms with Crippen LogP contribution in [-0.4, -0.2) is 30.4 Å². The van der Waals surface area contributed by atoms with Crippen LogP contribution < -0.4 is 10.5 Å². The first-order valence-corrected chi connectivity index (χ1v) is 18.4. The number of aromatic nitrogens is 1. The number of aliphatic hydroxyl groups is 1. The highest BCUT2D eigenvalue weighted by molar-refractivity contribution is 7.99. The van der Waals surface area contributed by atoms with Gasteiger partial charge in [0.15, 0.2) is 6.29 Å². The number of ether oxygens (including phenoxy) is 2. The summed E-state index contributed by atoms with van der Waals surface area (Å²) in [5.41, 5.74) is 11.3. The normalized spacial score (nSPS) is 19.4. The van der Waals surface area contributed by atoms with Crippen molar-refractivity contribution in [1.29, 1.82) is 0 Å². The molecule has 0 bridgehead atoms. The Morgan fingerprint density at radius 2 is 1.51 bits per heavy atom. The fraction of sp³-hybridized carbons (Fsp3) is 0.154. The minimum absolute atomic E-state index is 0.0606. The maximum atomic E-state index is 13.6. The van der Waals surface area contributed by atoms with E-state index in [0.29, 0.717) is 28.2 Å². The molecule has 49 heavy (non-hydrogen) atoms. The number of nitrogens with one attached hydrogen (secondary N) is 1. The standard InChI is InChI=1S/C39H35N3O5S2/c40-32-15-4-5-16-34(32)48-25-33-36(27-9-2-1-3-10-27)38(29-20-18-26(24-43)19-21-29)47-39(46-33)30-12-6-14-31(23-30)42-49(44,45)35-17-7-11-28-13-8-22-41-37(28)35/h1-23,33,36,38-39,42-43H,24-25,40H2/t33-,36-,38+,39?/m1/s1. The van der Waals surface area contributed by atoms with Gasteiger partial charge in [0.1, 0.15) is 4.90 Å². The Morgan fingerprint density at radius 1 is 0.776 bits per heavy atom. The van der Waals surface area contributed by atoms with Gasteiger partial charge in [0.2, 0.25) is 0 Å². The molecule has 0 saturated carbocycles. The molecule has 7 rings (SSSR count). The second kappa shape index (κ2) is 14.4. The second-order valence-corrected chi connectivity index (χ2v) is 14.5. The van der Waals surface area contributed by atoms with E-state index in [2.05, 4.69) is 21.8 Å². The van der Waals surface area contributed by atoms with Crippen molar-refractivity contribution >= 4 is 44.1 Å². The van der Waals surface area contributed by atoms with Gasteiger partial charge >= 0.3 is 0 Å². The lowest BCUT2D eigenvalue weighted by molar-refractivity contribution is -0.255. The summed E-state index contributed by atoms with van der Waals surface area (Å²) >= 11 is 1.63. The minimum atomic E-state index is -3.98. The lowest BCUT2D eigenvalue weighted by atomic mass is 9.84. The summed E-state index contributed by atoms with van der Waals surface area (Å²) in [6.07, 6.45) is 0.0202. The number of nitrogens with two attached hydrogens (primary N) is 1. The number of aliphatic hydroxyl groups excluding tert-OH is 1. The summed E-state index contributed by atoms with van der Waals surface area (Å²) in [4.78, 5) is 5.39. The fourth-order valence-corrected chi connectivity index (χ4v) is 8.46. The smallest absolute Gasteiger partial charge is 0.264 e. The highest BCUT2D eigenvalue weighted by Gasteiger charge is 2.42. The molecule has 248 valence electrons. The Labute approximate surface area is 290 Å².